The van der Waals surface area contributed by atoms with Gasteiger partial charge in [-0.3, -0.25) is 0 Å². The zero-order chi connectivity index (χ0) is 19.0. The molecule has 0 spiro atoms. The summed E-state index contributed by atoms with van der Waals surface area (Å²) in [5.41, 5.74) is -0.261. The highest BCUT2D eigenvalue weighted by molar-refractivity contribution is 6.02. The van der Waals surface area contributed by atoms with Crippen LogP contribution in [0.2, 0.25) is 0 Å². The zero-order valence-corrected chi connectivity index (χ0v) is 16.1. The van der Waals surface area contributed by atoms with Crippen LogP contribution in [0.4, 0.5) is 0 Å². The molecule has 0 aromatic heterocycles. The van der Waals surface area contributed by atoms with E-state index in [0.717, 1.165) is 44.9 Å². The molecule has 0 amide bonds. The number of carboxylic acids is 1. The van der Waals surface area contributed by atoms with Crippen LogP contribution in [0, 0.1) is 5.92 Å². The first kappa shape index (κ1) is 20.5. The van der Waals surface area contributed by atoms with Gasteiger partial charge in [-0.2, -0.15) is 0 Å². The Labute approximate surface area is 156 Å². The normalized spacial score (nSPS) is 17.5. The van der Waals surface area contributed by atoms with Crippen LogP contribution in [0.5, 0.6) is 0 Å². The topological polar surface area (TPSA) is 63.6 Å². The highest BCUT2D eigenvalue weighted by Crippen LogP contribution is 2.39. The molecule has 0 bridgehead atoms. The molecule has 4 heteroatoms. The van der Waals surface area contributed by atoms with Crippen LogP contribution in [0.1, 0.15) is 98.8 Å². The molecule has 1 N–H and O–H groups in total. The Morgan fingerprint density at radius 3 is 2.35 bits per heavy atom. The van der Waals surface area contributed by atoms with Gasteiger partial charge in [0.1, 0.15) is 5.60 Å². The molecule has 1 aliphatic rings. The van der Waals surface area contributed by atoms with E-state index in [0.29, 0.717) is 5.92 Å². The molecule has 1 saturated carbocycles. The molecular formula is C22H32O4. The minimum atomic E-state index is -1.09. The number of carboxylic acid groups (broad SMARTS) is 1. The number of carbonyl (C=O) groups excluding carboxylic acids is 1. The van der Waals surface area contributed by atoms with Crippen LogP contribution in [0.25, 0.3) is 0 Å². The lowest BCUT2D eigenvalue weighted by molar-refractivity contribution is -0.0517. The Balaban J connectivity index is 2.19. The maximum Gasteiger partial charge on any atom is 0.339 e. The van der Waals surface area contributed by atoms with E-state index in [-0.39, 0.29) is 11.1 Å². The molecule has 26 heavy (non-hydrogen) atoms. The summed E-state index contributed by atoms with van der Waals surface area (Å²) in [5, 5.41) is 9.36. The van der Waals surface area contributed by atoms with E-state index >= 15 is 0 Å². The van der Waals surface area contributed by atoms with Crippen molar-refractivity contribution in [1.29, 1.82) is 0 Å². The van der Waals surface area contributed by atoms with Crippen molar-refractivity contribution in [2.24, 2.45) is 5.92 Å². The first-order chi connectivity index (χ1) is 12.5. The summed E-state index contributed by atoms with van der Waals surface area (Å²) in [6.45, 7) is 4.41. The summed E-state index contributed by atoms with van der Waals surface area (Å²) in [5.74, 6) is -1.03. The van der Waals surface area contributed by atoms with E-state index in [1.54, 1.807) is 18.2 Å². The largest absolute Gasteiger partial charge is 0.478 e. The summed E-state index contributed by atoms with van der Waals surface area (Å²) >= 11 is 0. The van der Waals surface area contributed by atoms with Crippen molar-refractivity contribution in [3.8, 4) is 0 Å². The predicted octanol–water partition coefficient (Wildman–Crippen LogP) is 5.85. The Hall–Kier alpha value is -1.84. The summed E-state index contributed by atoms with van der Waals surface area (Å²) in [4.78, 5) is 24.3. The fourth-order valence-corrected chi connectivity index (χ4v) is 4.11. The van der Waals surface area contributed by atoms with Crippen molar-refractivity contribution >= 4 is 11.9 Å². The molecule has 1 fully saturated rings. The number of hydrogen-bond donors (Lipinski definition) is 1. The van der Waals surface area contributed by atoms with Crippen molar-refractivity contribution in [2.75, 3.05) is 0 Å². The summed E-state index contributed by atoms with van der Waals surface area (Å²) in [7, 11) is 0. The minimum absolute atomic E-state index is 0.0153. The maximum atomic E-state index is 12.8. The number of rotatable bonds is 9. The van der Waals surface area contributed by atoms with Crippen molar-refractivity contribution in [3.05, 3.63) is 35.4 Å². The SMILES string of the molecule is CCCCC(CC)CC1(OC(=O)c2ccccc2C(=O)O)CCCCC1. The number of hydrogen-bond acceptors (Lipinski definition) is 3. The average Bonchev–Trinajstić information content (AvgIpc) is 2.65. The van der Waals surface area contributed by atoms with Crippen LogP contribution >= 0.6 is 0 Å². The Morgan fingerprint density at radius 1 is 1.12 bits per heavy atom. The molecule has 4 nitrogen and oxygen atoms in total. The van der Waals surface area contributed by atoms with Crippen molar-refractivity contribution in [1.82, 2.24) is 0 Å². The second-order valence-corrected chi connectivity index (χ2v) is 7.60. The molecule has 1 atom stereocenters. The van der Waals surface area contributed by atoms with Gasteiger partial charge in [-0.25, -0.2) is 9.59 Å². The van der Waals surface area contributed by atoms with Gasteiger partial charge in [-0.1, -0.05) is 58.1 Å². The zero-order valence-electron chi connectivity index (χ0n) is 16.1. The van der Waals surface area contributed by atoms with Crippen molar-refractivity contribution < 1.29 is 19.4 Å². The van der Waals surface area contributed by atoms with Gasteiger partial charge in [-0.15, -0.1) is 0 Å². The highest BCUT2D eigenvalue weighted by Gasteiger charge is 2.38. The molecule has 144 valence electrons. The van der Waals surface area contributed by atoms with E-state index in [9.17, 15) is 14.7 Å². The standard InChI is InChI=1S/C22H32O4/c1-3-5-11-17(4-2)16-22(14-9-6-10-15-22)26-21(25)19-13-8-7-12-18(19)20(23)24/h7-8,12-13,17H,3-6,9-11,14-16H2,1-2H3,(H,23,24). The highest BCUT2D eigenvalue weighted by atomic mass is 16.6. The third-order valence-electron chi connectivity index (χ3n) is 5.66. The smallest absolute Gasteiger partial charge is 0.339 e. The molecule has 0 saturated heterocycles. The van der Waals surface area contributed by atoms with E-state index in [4.69, 9.17) is 4.74 Å². The molecular weight excluding hydrogens is 328 g/mol. The van der Waals surface area contributed by atoms with Crippen LogP contribution in [0.15, 0.2) is 24.3 Å². The number of esters is 1. The predicted molar refractivity (Wildman–Crippen MR) is 103 cm³/mol. The Morgan fingerprint density at radius 2 is 1.77 bits per heavy atom. The average molecular weight is 360 g/mol. The Kier molecular flexibility index (Phi) is 7.67. The van der Waals surface area contributed by atoms with E-state index in [2.05, 4.69) is 13.8 Å². The lowest BCUT2D eigenvalue weighted by Crippen LogP contribution is -2.39. The monoisotopic (exact) mass is 360 g/mol. The fraction of sp³-hybridized carbons (Fsp3) is 0.636. The summed E-state index contributed by atoms with van der Waals surface area (Å²) in [6, 6.07) is 6.33. The number of benzene rings is 1. The van der Waals surface area contributed by atoms with Gasteiger partial charge in [0.25, 0.3) is 0 Å². The molecule has 1 aromatic carbocycles. The van der Waals surface area contributed by atoms with Crippen LogP contribution in [0.3, 0.4) is 0 Å². The van der Waals surface area contributed by atoms with Gasteiger partial charge < -0.3 is 9.84 Å². The van der Waals surface area contributed by atoms with Crippen LogP contribution in [-0.4, -0.2) is 22.6 Å². The molecule has 0 radical (unpaired) electrons. The minimum Gasteiger partial charge on any atom is -0.478 e. The quantitative estimate of drug-likeness (QED) is 0.561. The van der Waals surface area contributed by atoms with Crippen molar-refractivity contribution in [3.63, 3.8) is 0 Å². The number of carbonyl (C=O) groups is 2. The molecule has 2 rings (SSSR count). The molecule has 1 aromatic rings. The van der Waals surface area contributed by atoms with Gasteiger partial charge in [0.15, 0.2) is 0 Å². The number of unbranched alkanes of at least 4 members (excludes halogenated alkanes) is 1. The molecule has 1 unspecified atom stereocenters. The fourth-order valence-electron chi connectivity index (χ4n) is 4.11. The van der Waals surface area contributed by atoms with Crippen molar-refractivity contribution in [2.45, 2.75) is 83.7 Å². The second kappa shape index (κ2) is 9.75. The second-order valence-electron chi connectivity index (χ2n) is 7.60. The Bertz CT molecular complexity index is 602. The third kappa shape index (κ3) is 5.33. The summed E-state index contributed by atoms with van der Waals surface area (Å²) in [6.07, 6.45) is 10.6. The van der Waals surface area contributed by atoms with Gasteiger partial charge in [0.05, 0.1) is 11.1 Å². The maximum absolute atomic E-state index is 12.8. The van der Waals surface area contributed by atoms with E-state index in [1.807, 2.05) is 0 Å². The van der Waals surface area contributed by atoms with Gasteiger partial charge in [0, 0.05) is 0 Å². The van der Waals surface area contributed by atoms with Crippen LogP contribution < -0.4 is 0 Å². The molecule has 0 aliphatic heterocycles. The molecule has 0 heterocycles. The lowest BCUT2D eigenvalue weighted by Gasteiger charge is -2.39. The molecule has 1 aliphatic carbocycles. The summed E-state index contributed by atoms with van der Waals surface area (Å²) < 4.78 is 6.07. The number of aromatic carboxylic acids is 1. The van der Waals surface area contributed by atoms with Crippen LogP contribution in [-0.2, 0) is 4.74 Å². The first-order valence-electron chi connectivity index (χ1n) is 10.1. The first-order valence-corrected chi connectivity index (χ1v) is 10.1. The van der Waals surface area contributed by atoms with Gasteiger partial charge in [0.2, 0.25) is 0 Å². The number of ether oxygens (including phenoxy) is 1. The van der Waals surface area contributed by atoms with Gasteiger partial charge >= 0.3 is 11.9 Å². The van der Waals surface area contributed by atoms with Gasteiger partial charge in [-0.05, 0) is 50.2 Å². The lowest BCUT2D eigenvalue weighted by atomic mass is 9.76. The van der Waals surface area contributed by atoms with E-state index < -0.39 is 17.5 Å². The van der Waals surface area contributed by atoms with E-state index in [1.165, 1.54) is 25.3 Å². The third-order valence-corrected chi connectivity index (χ3v) is 5.66.